The van der Waals surface area contributed by atoms with Gasteiger partial charge < -0.3 is 10.7 Å². The number of imidazole rings is 1. The Balaban J connectivity index is 2.25. The molecule has 0 atom stereocenters. The molecule has 0 radical (unpaired) electrons. The van der Waals surface area contributed by atoms with Crippen LogP contribution in [0.15, 0.2) is 28.6 Å². The van der Waals surface area contributed by atoms with Gasteiger partial charge in [-0.15, -0.1) is 0 Å². The zero-order chi connectivity index (χ0) is 9.97. The number of rotatable bonds is 2. The number of H-pyrrole nitrogens is 1. The van der Waals surface area contributed by atoms with Crippen molar-refractivity contribution in [3.8, 4) is 0 Å². The quantitative estimate of drug-likeness (QED) is 0.762. The Morgan fingerprint density at radius 1 is 1.43 bits per heavy atom. The zero-order valence-electron chi connectivity index (χ0n) is 6.94. The maximum absolute atomic E-state index is 5.72. The van der Waals surface area contributed by atoms with E-state index in [9.17, 15) is 0 Å². The second-order valence-electron chi connectivity index (χ2n) is 2.38. The van der Waals surface area contributed by atoms with Crippen LogP contribution in [0.3, 0.4) is 0 Å². The standard InChI is InChI=1S/C7H6ClN5S/c8-4-3-5(13-6(9)12-4)14-7-10-1-2-11-7/h1-3H,(H,10,11)(H2,9,12,13). The molecule has 0 unspecified atom stereocenters. The molecule has 0 aliphatic rings. The van der Waals surface area contributed by atoms with Crippen molar-refractivity contribution in [2.75, 3.05) is 5.73 Å². The number of hydrogen-bond acceptors (Lipinski definition) is 5. The summed E-state index contributed by atoms with van der Waals surface area (Å²) in [5.74, 6) is 0.159. The Bertz CT molecular complexity index is 409. The van der Waals surface area contributed by atoms with Crippen LogP contribution in [0, 0.1) is 0 Å². The molecule has 3 N–H and O–H groups in total. The summed E-state index contributed by atoms with van der Waals surface area (Å²) in [5.41, 5.74) is 5.44. The predicted molar refractivity (Wildman–Crippen MR) is 54.2 cm³/mol. The van der Waals surface area contributed by atoms with Crippen LogP contribution < -0.4 is 5.73 Å². The molecule has 0 bridgehead atoms. The smallest absolute Gasteiger partial charge is 0.222 e. The SMILES string of the molecule is Nc1nc(Cl)cc(Sc2ncc[nH]2)n1. The van der Waals surface area contributed by atoms with Gasteiger partial charge in [0.1, 0.15) is 10.2 Å². The molecular formula is C7H6ClN5S. The number of anilines is 1. The number of aromatic nitrogens is 4. The minimum Gasteiger partial charge on any atom is -0.368 e. The van der Waals surface area contributed by atoms with Gasteiger partial charge in [-0.3, -0.25) is 0 Å². The second kappa shape index (κ2) is 3.85. The van der Waals surface area contributed by atoms with E-state index in [-0.39, 0.29) is 5.95 Å². The fraction of sp³-hybridized carbons (Fsp3) is 0. The van der Waals surface area contributed by atoms with E-state index in [0.717, 1.165) is 5.16 Å². The van der Waals surface area contributed by atoms with Crippen LogP contribution in [-0.2, 0) is 0 Å². The fourth-order valence-electron chi connectivity index (χ4n) is 0.872. The van der Waals surface area contributed by atoms with Crippen molar-refractivity contribution in [1.82, 2.24) is 19.9 Å². The summed E-state index contributed by atoms with van der Waals surface area (Å²) in [4.78, 5) is 14.7. The molecule has 0 aliphatic heterocycles. The van der Waals surface area contributed by atoms with E-state index >= 15 is 0 Å². The third-order valence-corrected chi connectivity index (χ3v) is 2.39. The lowest BCUT2D eigenvalue weighted by Crippen LogP contribution is -1.95. The number of aromatic amines is 1. The molecule has 0 amide bonds. The van der Waals surface area contributed by atoms with E-state index in [4.69, 9.17) is 17.3 Å². The van der Waals surface area contributed by atoms with Gasteiger partial charge in [0.2, 0.25) is 5.95 Å². The number of hydrogen-bond donors (Lipinski definition) is 2. The van der Waals surface area contributed by atoms with E-state index in [0.29, 0.717) is 10.2 Å². The molecule has 0 aliphatic carbocycles. The topological polar surface area (TPSA) is 80.5 Å². The van der Waals surface area contributed by atoms with Crippen molar-refractivity contribution in [1.29, 1.82) is 0 Å². The van der Waals surface area contributed by atoms with Crippen LogP contribution in [0.1, 0.15) is 0 Å². The number of nitrogens with two attached hydrogens (primary N) is 1. The van der Waals surface area contributed by atoms with Gasteiger partial charge in [0, 0.05) is 18.5 Å². The Labute approximate surface area is 89.1 Å². The second-order valence-corrected chi connectivity index (χ2v) is 3.78. The van der Waals surface area contributed by atoms with Crippen molar-refractivity contribution in [3.63, 3.8) is 0 Å². The maximum Gasteiger partial charge on any atom is 0.222 e. The summed E-state index contributed by atoms with van der Waals surface area (Å²) in [6.45, 7) is 0. The van der Waals surface area contributed by atoms with Gasteiger partial charge in [0.15, 0.2) is 5.16 Å². The first-order valence-electron chi connectivity index (χ1n) is 3.71. The van der Waals surface area contributed by atoms with E-state index in [1.165, 1.54) is 11.8 Å². The third kappa shape index (κ3) is 2.15. The highest BCUT2D eigenvalue weighted by Gasteiger charge is 2.03. The highest BCUT2D eigenvalue weighted by atomic mass is 35.5. The molecule has 14 heavy (non-hydrogen) atoms. The van der Waals surface area contributed by atoms with Crippen molar-refractivity contribution in [3.05, 3.63) is 23.6 Å². The lowest BCUT2D eigenvalue weighted by Gasteiger charge is -1.98. The average Bonchev–Trinajstić information content (AvgIpc) is 2.54. The predicted octanol–water partition coefficient (Wildman–Crippen LogP) is 1.59. The van der Waals surface area contributed by atoms with Gasteiger partial charge in [0.05, 0.1) is 0 Å². The molecule has 0 spiro atoms. The largest absolute Gasteiger partial charge is 0.368 e. The Hall–Kier alpha value is -1.27. The van der Waals surface area contributed by atoms with Gasteiger partial charge in [-0.1, -0.05) is 11.6 Å². The highest BCUT2D eigenvalue weighted by molar-refractivity contribution is 7.99. The van der Waals surface area contributed by atoms with Crippen molar-refractivity contribution >= 4 is 29.3 Å². The molecule has 2 aromatic rings. The van der Waals surface area contributed by atoms with Crippen LogP contribution in [0.5, 0.6) is 0 Å². The molecule has 0 saturated carbocycles. The summed E-state index contributed by atoms with van der Waals surface area (Å²) >= 11 is 7.06. The fourth-order valence-corrected chi connectivity index (χ4v) is 1.87. The highest BCUT2D eigenvalue weighted by Crippen LogP contribution is 2.24. The van der Waals surface area contributed by atoms with Crippen LogP contribution in [-0.4, -0.2) is 19.9 Å². The molecule has 72 valence electrons. The summed E-state index contributed by atoms with van der Waals surface area (Å²) in [5, 5.41) is 1.73. The first-order valence-corrected chi connectivity index (χ1v) is 4.91. The lowest BCUT2D eigenvalue weighted by atomic mass is 10.7. The number of halogens is 1. The molecule has 0 aromatic carbocycles. The first-order chi connectivity index (χ1) is 6.74. The number of nitrogens with one attached hydrogen (secondary N) is 1. The zero-order valence-corrected chi connectivity index (χ0v) is 8.51. The van der Waals surface area contributed by atoms with Crippen molar-refractivity contribution in [2.45, 2.75) is 10.2 Å². The van der Waals surface area contributed by atoms with E-state index < -0.39 is 0 Å². The monoisotopic (exact) mass is 227 g/mol. The van der Waals surface area contributed by atoms with Gasteiger partial charge in [-0.25, -0.2) is 15.0 Å². The molecule has 0 saturated heterocycles. The van der Waals surface area contributed by atoms with Gasteiger partial charge in [0.25, 0.3) is 0 Å². The summed E-state index contributed by atoms with van der Waals surface area (Å²) < 4.78 is 0. The molecule has 2 heterocycles. The van der Waals surface area contributed by atoms with Gasteiger partial charge in [-0.2, -0.15) is 0 Å². The van der Waals surface area contributed by atoms with Gasteiger partial charge >= 0.3 is 0 Å². The van der Waals surface area contributed by atoms with Crippen LogP contribution in [0.2, 0.25) is 5.15 Å². The third-order valence-electron chi connectivity index (χ3n) is 1.36. The molecule has 0 fully saturated rings. The number of nitrogen functional groups attached to an aromatic ring is 1. The van der Waals surface area contributed by atoms with Crippen LogP contribution in [0.25, 0.3) is 0 Å². The Kier molecular flexibility index (Phi) is 2.55. The van der Waals surface area contributed by atoms with Crippen molar-refractivity contribution in [2.24, 2.45) is 0 Å². The normalized spacial score (nSPS) is 10.4. The molecule has 5 nitrogen and oxygen atoms in total. The van der Waals surface area contributed by atoms with Crippen molar-refractivity contribution < 1.29 is 0 Å². The molecule has 7 heteroatoms. The molecule has 2 aromatic heterocycles. The first kappa shape index (κ1) is 9.29. The molecule has 2 rings (SSSR count). The summed E-state index contributed by atoms with van der Waals surface area (Å²) in [7, 11) is 0. The summed E-state index contributed by atoms with van der Waals surface area (Å²) in [6, 6.07) is 1.63. The Morgan fingerprint density at radius 3 is 2.93 bits per heavy atom. The maximum atomic E-state index is 5.72. The van der Waals surface area contributed by atoms with E-state index in [2.05, 4.69) is 19.9 Å². The lowest BCUT2D eigenvalue weighted by molar-refractivity contribution is 1.02. The van der Waals surface area contributed by atoms with Crippen LogP contribution >= 0.6 is 23.4 Å². The minimum atomic E-state index is 0.159. The van der Waals surface area contributed by atoms with Gasteiger partial charge in [-0.05, 0) is 11.8 Å². The average molecular weight is 228 g/mol. The van der Waals surface area contributed by atoms with E-state index in [1.807, 2.05) is 0 Å². The van der Waals surface area contributed by atoms with Crippen LogP contribution in [0.4, 0.5) is 5.95 Å². The molecular weight excluding hydrogens is 222 g/mol. The number of nitrogens with zero attached hydrogens (tertiary/aromatic N) is 3. The Morgan fingerprint density at radius 2 is 2.29 bits per heavy atom. The van der Waals surface area contributed by atoms with E-state index in [1.54, 1.807) is 18.5 Å². The summed E-state index contributed by atoms with van der Waals surface area (Å²) in [6.07, 6.45) is 3.39. The minimum absolute atomic E-state index is 0.159.